The number of aryl methyl sites for hydroxylation is 1. The number of anilines is 1. The Hall–Kier alpha value is -2.31. The van der Waals surface area contributed by atoms with Crippen LogP contribution in [0.25, 0.3) is 10.9 Å². The minimum Gasteiger partial charge on any atom is -0.392 e. The van der Waals surface area contributed by atoms with Crippen molar-refractivity contribution >= 4 is 28.1 Å². The van der Waals surface area contributed by atoms with E-state index in [9.17, 15) is 5.11 Å². The van der Waals surface area contributed by atoms with Crippen LogP contribution < -0.4 is 10.2 Å². The fourth-order valence-corrected chi connectivity index (χ4v) is 5.06. The Morgan fingerprint density at radius 1 is 1.09 bits per heavy atom. The first-order valence-electron chi connectivity index (χ1n) is 12.1. The molecule has 172 valence electrons. The number of fused-ring (bicyclic) bond motifs is 1. The van der Waals surface area contributed by atoms with Gasteiger partial charge in [0.2, 0.25) is 0 Å². The van der Waals surface area contributed by atoms with Crippen LogP contribution in [0.4, 0.5) is 5.82 Å². The lowest BCUT2D eigenvalue weighted by molar-refractivity contribution is 0.0828. The van der Waals surface area contributed by atoms with Crippen LogP contribution in [-0.2, 0) is 0 Å². The molecule has 2 aromatic rings. The van der Waals surface area contributed by atoms with Crippen molar-refractivity contribution in [3.8, 4) is 0 Å². The molecule has 1 saturated carbocycles. The first-order chi connectivity index (χ1) is 15.4. The first kappa shape index (κ1) is 22.9. The monoisotopic (exact) mass is 435 g/mol. The van der Waals surface area contributed by atoms with E-state index in [0.717, 1.165) is 67.5 Å². The number of hydrogen-bond donors (Lipinski definition) is 4. The van der Waals surface area contributed by atoms with Crippen LogP contribution >= 0.6 is 0 Å². The van der Waals surface area contributed by atoms with E-state index in [4.69, 9.17) is 15.8 Å². The summed E-state index contributed by atoms with van der Waals surface area (Å²) in [6.07, 6.45) is 7.33. The molecule has 1 aromatic carbocycles. The summed E-state index contributed by atoms with van der Waals surface area (Å²) in [5.74, 6) is 0.908. The molecule has 1 aromatic heterocycles. The Balaban J connectivity index is 1.52. The standard InChI is InChI=1S/C26H37N5O/c1-17-7-10-23-19(15-17)16-21(22(28)9-8-18(2)27)26(30-23)31-13-11-20(12-14-31)29-24-5-3-4-6-25(24)32/h7,10,15-16,20,24-25,27-29,32H,3-6,8-9,11-14H2,1-2H3/t24-,25-/m0/s1. The number of aliphatic hydroxyl groups is 1. The highest BCUT2D eigenvalue weighted by Crippen LogP contribution is 2.29. The number of hydrogen-bond acceptors (Lipinski definition) is 6. The van der Waals surface area contributed by atoms with Crippen molar-refractivity contribution in [3.63, 3.8) is 0 Å². The molecule has 2 atom stereocenters. The number of pyridine rings is 1. The molecule has 1 aliphatic heterocycles. The zero-order valence-corrected chi connectivity index (χ0v) is 19.5. The van der Waals surface area contributed by atoms with Gasteiger partial charge in [-0.15, -0.1) is 0 Å². The van der Waals surface area contributed by atoms with Gasteiger partial charge in [-0.05, 0) is 70.6 Å². The average Bonchev–Trinajstić information content (AvgIpc) is 2.78. The van der Waals surface area contributed by atoms with Crippen molar-refractivity contribution in [1.82, 2.24) is 10.3 Å². The molecule has 1 aliphatic carbocycles. The fourth-order valence-electron chi connectivity index (χ4n) is 5.06. The van der Waals surface area contributed by atoms with Gasteiger partial charge in [-0.1, -0.05) is 24.5 Å². The van der Waals surface area contributed by atoms with Crippen molar-refractivity contribution in [1.29, 1.82) is 10.8 Å². The molecule has 0 amide bonds. The number of nitrogens with zero attached hydrogens (tertiary/aromatic N) is 2. The highest BCUT2D eigenvalue weighted by atomic mass is 16.3. The lowest BCUT2D eigenvalue weighted by Crippen LogP contribution is -2.51. The molecule has 1 saturated heterocycles. The number of aromatic nitrogens is 1. The zero-order valence-electron chi connectivity index (χ0n) is 19.5. The van der Waals surface area contributed by atoms with Crippen LogP contribution in [-0.4, -0.2) is 52.8 Å². The summed E-state index contributed by atoms with van der Waals surface area (Å²) >= 11 is 0. The molecule has 2 heterocycles. The topological polar surface area (TPSA) is 96.1 Å². The van der Waals surface area contributed by atoms with Crippen molar-refractivity contribution in [2.24, 2.45) is 0 Å². The van der Waals surface area contributed by atoms with Crippen LogP contribution in [0, 0.1) is 17.7 Å². The predicted octanol–water partition coefficient (Wildman–Crippen LogP) is 4.59. The van der Waals surface area contributed by atoms with Gasteiger partial charge >= 0.3 is 0 Å². The van der Waals surface area contributed by atoms with E-state index >= 15 is 0 Å². The number of benzene rings is 1. The Bertz CT molecular complexity index is 980. The maximum Gasteiger partial charge on any atom is 0.138 e. The predicted molar refractivity (Wildman–Crippen MR) is 133 cm³/mol. The quantitative estimate of drug-likeness (QED) is 0.478. The molecule has 6 heteroatoms. The summed E-state index contributed by atoms with van der Waals surface area (Å²) in [6, 6.07) is 9.08. The second-order valence-corrected chi connectivity index (χ2v) is 9.70. The average molecular weight is 436 g/mol. The normalized spacial score (nSPS) is 22.3. The van der Waals surface area contributed by atoms with Crippen LogP contribution in [0.1, 0.15) is 69.4 Å². The Morgan fingerprint density at radius 3 is 2.56 bits per heavy atom. The van der Waals surface area contributed by atoms with E-state index < -0.39 is 0 Å². The number of aliphatic hydroxyl groups excluding tert-OH is 1. The lowest BCUT2D eigenvalue weighted by atomic mass is 9.91. The van der Waals surface area contributed by atoms with E-state index in [1.54, 1.807) is 6.92 Å². The SMILES string of the molecule is CC(=N)CCC(=N)c1cc2cc(C)ccc2nc1N1CCC(N[C@H]2CCCC[C@@H]2O)CC1. The molecule has 2 fully saturated rings. The maximum absolute atomic E-state index is 10.3. The summed E-state index contributed by atoms with van der Waals surface area (Å²) < 4.78 is 0. The third-order valence-electron chi connectivity index (χ3n) is 7.00. The smallest absolute Gasteiger partial charge is 0.138 e. The summed E-state index contributed by atoms with van der Waals surface area (Å²) in [5, 5.41) is 31.6. The van der Waals surface area contributed by atoms with Crippen LogP contribution in [0.15, 0.2) is 24.3 Å². The third kappa shape index (κ3) is 5.36. The van der Waals surface area contributed by atoms with Crippen molar-refractivity contribution in [2.75, 3.05) is 18.0 Å². The molecule has 4 rings (SSSR count). The molecule has 2 aliphatic rings. The number of piperidine rings is 1. The molecule has 4 N–H and O–H groups in total. The molecule has 32 heavy (non-hydrogen) atoms. The minimum atomic E-state index is -0.211. The van der Waals surface area contributed by atoms with Gasteiger partial charge in [0.1, 0.15) is 5.82 Å². The van der Waals surface area contributed by atoms with E-state index in [2.05, 4.69) is 41.4 Å². The van der Waals surface area contributed by atoms with Crippen LogP contribution in [0.2, 0.25) is 0 Å². The molecule has 0 radical (unpaired) electrons. The maximum atomic E-state index is 10.3. The Morgan fingerprint density at radius 2 is 1.84 bits per heavy atom. The zero-order chi connectivity index (χ0) is 22.7. The highest BCUT2D eigenvalue weighted by Gasteiger charge is 2.28. The molecular formula is C26H37N5O. The minimum absolute atomic E-state index is 0.211. The van der Waals surface area contributed by atoms with Gasteiger partial charge in [0.15, 0.2) is 0 Å². The summed E-state index contributed by atoms with van der Waals surface area (Å²) in [6.45, 7) is 5.68. The van der Waals surface area contributed by atoms with Crippen molar-refractivity contribution in [2.45, 2.75) is 83.4 Å². The van der Waals surface area contributed by atoms with E-state index in [1.165, 1.54) is 12.0 Å². The summed E-state index contributed by atoms with van der Waals surface area (Å²) in [7, 11) is 0. The molecule has 0 bridgehead atoms. The van der Waals surface area contributed by atoms with E-state index in [1.807, 2.05) is 0 Å². The van der Waals surface area contributed by atoms with E-state index in [-0.39, 0.29) is 12.1 Å². The van der Waals surface area contributed by atoms with Gasteiger partial charge < -0.3 is 26.1 Å². The van der Waals surface area contributed by atoms with Crippen molar-refractivity contribution in [3.05, 3.63) is 35.4 Å². The molecule has 0 unspecified atom stereocenters. The first-order valence-corrected chi connectivity index (χ1v) is 12.1. The van der Waals surface area contributed by atoms with Crippen LogP contribution in [0.5, 0.6) is 0 Å². The largest absolute Gasteiger partial charge is 0.392 e. The van der Waals surface area contributed by atoms with Gasteiger partial charge in [0, 0.05) is 47.5 Å². The van der Waals surface area contributed by atoms with Gasteiger partial charge in [-0.2, -0.15) is 0 Å². The second-order valence-electron chi connectivity index (χ2n) is 9.70. The van der Waals surface area contributed by atoms with Crippen molar-refractivity contribution < 1.29 is 5.11 Å². The molecule has 0 spiro atoms. The summed E-state index contributed by atoms with van der Waals surface area (Å²) in [5.41, 5.74) is 4.23. The highest BCUT2D eigenvalue weighted by molar-refractivity contribution is 6.06. The molecule has 6 nitrogen and oxygen atoms in total. The lowest BCUT2D eigenvalue weighted by Gasteiger charge is -2.38. The third-order valence-corrected chi connectivity index (χ3v) is 7.00. The van der Waals surface area contributed by atoms with Gasteiger partial charge in [0.05, 0.1) is 11.6 Å². The van der Waals surface area contributed by atoms with E-state index in [0.29, 0.717) is 30.3 Å². The van der Waals surface area contributed by atoms with Gasteiger partial charge in [0.25, 0.3) is 0 Å². The van der Waals surface area contributed by atoms with Crippen LogP contribution in [0.3, 0.4) is 0 Å². The summed E-state index contributed by atoms with van der Waals surface area (Å²) in [4.78, 5) is 7.34. The molecular weight excluding hydrogens is 398 g/mol. The Kier molecular flexibility index (Phi) is 7.21. The second kappa shape index (κ2) is 10.1. The fraction of sp³-hybridized carbons (Fsp3) is 0.577. The number of nitrogens with one attached hydrogen (secondary N) is 3. The van der Waals surface area contributed by atoms with Gasteiger partial charge in [-0.3, -0.25) is 0 Å². The Labute approximate surface area is 191 Å². The number of rotatable bonds is 7. The van der Waals surface area contributed by atoms with Gasteiger partial charge in [-0.25, -0.2) is 4.98 Å².